The SMILES string of the molecule is CCC[CH2][Sn]([CH2]CCC)([CH2]CCC)[c]1nc(Cc2ccccc2)cs1. The van der Waals surface area contributed by atoms with E-state index >= 15 is 0 Å². The summed E-state index contributed by atoms with van der Waals surface area (Å²) in [5, 5.41) is 2.36. The van der Waals surface area contributed by atoms with Crippen LogP contribution in [-0.4, -0.2) is 23.4 Å². The number of nitrogens with zero attached hydrogens (tertiary/aromatic N) is 1. The third kappa shape index (κ3) is 6.39. The predicted molar refractivity (Wildman–Crippen MR) is 116 cm³/mol. The number of rotatable bonds is 12. The minimum absolute atomic E-state index is 0.995. The van der Waals surface area contributed by atoms with Crippen molar-refractivity contribution >= 4 is 32.7 Å². The van der Waals surface area contributed by atoms with Crippen molar-refractivity contribution in [1.29, 1.82) is 0 Å². The Labute approximate surface area is 163 Å². The molecule has 0 N–H and O–H groups in total. The first kappa shape index (κ1) is 21.0. The van der Waals surface area contributed by atoms with Crippen LogP contribution >= 0.6 is 11.3 Å². The molecule has 1 aromatic heterocycles. The molecule has 0 radical (unpaired) electrons. The summed E-state index contributed by atoms with van der Waals surface area (Å²) in [6.07, 6.45) is 9.23. The van der Waals surface area contributed by atoms with Gasteiger partial charge in [0.1, 0.15) is 0 Å². The van der Waals surface area contributed by atoms with E-state index in [-0.39, 0.29) is 0 Å². The Bertz CT molecular complexity index is 571. The van der Waals surface area contributed by atoms with E-state index in [1.165, 1.54) is 63.1 Å². The second-order valence-corrected chi connectivity index (χ2v) is 22.2. The van der Waals surface area contributed by atoms with E-state index in [1.807, 2.05) is 11.3 Å². The Kier molecular flexibility index (Phi) is 9.54. The first-order valence-corrected chi connectivity index (χ1v) is 18.6. The van der Waals surface area contributed by atoms with E-state index < -0.39 is 18.4 Å². The number of hydrogen-bond acceptors (Lipinski definition) is 2. The molecule has 0 aliphatic rings. The van der Waals surface area contributed by atoms with Gasteiger partial charge in [0, 0.05) is 0 Å². The van der Waals surface area contributed by atoms with Crippen molar-refractivity contribution in [2.75, 3.05) is 0 Å². The Morgan fingerprint density at radius 3 is 1.92 bits per heavy atom. The molecule has 1 nitrogen and oxygen atoms in total. The molecule has 1 aromatic carbocycles. The maximum absolute atomic E-state index is 5.25. The number of aromatic nitrogens is 1. The fourth-order valence-electron chi connectivity index (χ4n) is 3.68. The molecule has 0 aliphatic heterocycles. The van der Waals surface area contributed by atoms with Crippen LogP contribution in [-0.2, 0) is 6.42 Å². The molecule has 0 unspecified atom stereocenters. The molecule has 0 fully saturated rings. The van der Waals surface area contributed by atoms with E-state index in [1.54, 1.807) is 3.02 Å². The molecule has 0 aliphatic carbocycles. The number of hydrogen-bond donors (Lipinski definition) is 0. The van der Waals surface area contributed by atoms with E-state index in [9.17, 15) is 0 Å². The molecule has 2 rings (SSSR count). The summed E-state index contributed by atoms with van der Waals surface area (Å²) in [4.78, 5) is 5.25. The average molecular weight is 464 g/mol. The van der Waals surface area contributed by atoms with Gasteiger partial charge < -0.3 is 0 Å². The molecule has 0 spiro atoms. The van der Waals surface area contributed by atoms with Crippen molar-refractivity contribution in [2.24, 2.45) is 0 Å². The van der Waals surface area contributed by atoms with Crippen LogP contribution in [0.1, 0.15) is 70.6 Å². The minimum atomic E-state index is -2.32. The molecule has 138 valence electrons. The Morgan fingerprint density at radius 2 is 1.40 bits per heavy atom. The molecule has 1 heterocycles. The van der Waals surface area contributed by atoms with Crippen LogP contribution in [0, 0.1) is 0 Å². The summed E-state index contributed by atoms with van der Waals surface area (Å²) in [6.45, 7) is 7.04. The zero-order valence-corrected chi connectivity index (χ0v) is 20.1. The Morgan fingerprint density at radius 1 is 0.840 bits per heavy atom. The number of benzene rings is 1. The summed E-state index contributed by atoms with van der Waals surface area (Å²) in [7, 11) is 0. The van der Waals surface area contributed by atoms with Crippen molar-refractivity contribution in [1.82, 2.24) is 4.98 Å². The second kappa shape index (κ2) is 11.4. The molecular weight excluding hydrogens is 429 g/mol. The van der Waals surface area contributed by atoms with Gasteiger partial charge in [0.05, 0.1) is 0 Å². The summed E-state index contributed by atoms with van der Waals surface area (Å²) < 4.78 is 6.17. The topological polar surface area (TPSA) is 12.9 Å². The first-order valence-electron chi connectivity index (χ1n) is 10.2. The van der Waals surface area contributed by atoms with Gasteiger partial charge in [-0.25, -0.2) is 0 Å². The van der Waals surface area contributed by atoms with Crippen LogP contribution in [0.4, 0.5) is 0 Å². The second-order valence-electron chi connectivity index (χ2n) is 7.40. The van der Waals surface area contributed by atoms with Gasteiger partial charge in [-0.3, -0.25) is 0 Å². The van der Waals surface area contributed by atoms with Crippen LogP contribution in [0.5, 0.6) is 0 Å². The molecular formula is C22H35NSSn. The molecule has 2 aromatic rings. The molecule has 0 atom stereocenters. The third-order valence-corrected chi connectivity index (χ3v) is 24.0. The molecule has 0 bridgehead atoms. The van der Waals surface area contributed by atoms with Crippen LogP contribution in [0.25, 0.3) is 0 Å². The van der Waals surface area contributed by atoms with Crippen molar-refractivity contribution in [3.05, 3.63) is 47.0 Å². The van der Waals surface area contributed by atoms with Crippen molar-refractivity contribution in [3.63, 3.8) is 0 Å². The van der Waals surface area contributed by atoms with E-state index in [2.05, 4.69) is 56.5 Å². The van der Waals surface area contributed by atoms with E-state index in [0.717, 1.165) is 6.42 Å². The van der Waals surface area contributed by atoms with Gasteiger partial charge in [0.2, 0.25) is 0 Å². The molecule has 0 saturated carbocycles. The molecule has 3 heteroatoms. The molecule has 0 amide bonds. The van der Waals surface area contributed by atoms with Gasteiger partial charge >= 0.3 is 164 Å². The monoisotopic (exact) mass is 465 g/mol. The summed E-state index contributed by atoms with van der Waals surface area (Å²) in [5.41, 5.74) is 2.69. The number of unbranched alkanes of at least 4 members (excludes halogenated alkanes) is 3. The van der Waals surface area contributed by atoms with Crippen molar-refractivity contribution < 1.29 is 0 Å². The van der Waals surface area contributed by atoms with Crippen molar-refractivity contribution in [2.45, 2.75) is 79.0 Å². The molecule has 25 heavy (non-hydrogen) atoms. The predicted octanol–water partition coefficient (Wildman–Crippen LogP) is 6.79. The standard InChI is InChI=1S/C10H8NS.3C4H9.Sn/c1-2-4-9(5-3-1)6-10-7-12-8-11-10;3*1-3-4-2;/h1-5,7H,6H2;3*1,3-4H2,2H3;. The maximum atomic E-state index is 5.25. The molecule has 0 saturated heterocycles. The first-order chi connectivity index (χ1) is 12.2. The van der Waals surface area contributed by atoms with Crippen LogP contribution < -0.4 is 3.02 Å². The summed E-state index contributed by atoms with van der Waals surface area (Å²) >= 11 is -0.307. The normalized spacial score (nSPS) is 11.8. The zero-order chi connectivity index (χ0) is 18.0. The van der Waals surface area contributed by atoms with Crippen LogP contribution in [0.15, 0.2) is 35.7 Å². The quantitative estimate of drug-likeness (QED) is 0.315. The van der Waals surface area contributed by atoms with Gasteiger partial charge in [0.15, 0.2) is 0 Å². The third-order valence-electron chi connectivity index (χ3n) is 5.26. The zero-order valence-electron chi connectivity index (χ0n) is 16.4. The van der Waals surface area contributed by atoms with Gasteiger partial charge in [-0.1, -0.05) is 0 Å². The summed E-state index contributed by atoms with van der Waals surface area (Å²) in [6, 6.07) is 10.8. The van der Waals surface area contributed by atoms with Crippen LogP contribution in [0.2, 0.25) is 13.3 Å². The summed E-state index contributed by atoms with van der Waals surface area (Å²) in [5.74, 6) is 0. The van der Waals surface area contributed by atoms with Gasteiger partial charge in [0.25, 0.3) is 0 Å². The van der Waals surface area contributed by atoms with Gasteiger partial charge in [-0.05, 0) is 0 Å². The fraction of sp³-hybridized carbons (Fsp3) is 0.591. The average Bonchev–Trinajstić information content (AvgIpc) is 3.11. The van der Waals surface area contributed by atoms with Crippen LogP contribution in [0.3, 0.4) is 0 Å². The van der Waals surface area contributed by atoms with Gasteiger partial charge in [-0.2, -0.15) is 0 Å². The van der Waals surface area contributed by atoms with E-state index in [4.69, 9.17) is 4.98 Å². The Balaban J connectivity index is 2.22. The Hall–Kier alpha value is -0.351. The van der Waals surface area contributed by atoms with Gasteiger partial charge in [-0.15, -0.1) is 0 Å². The number of thiazole rings is 1. The van der Waals surface area contributed by atoms with E-state index in [0.29, 0.717) is 0 Å². The fourth-order valence-corrected chi connectivity index (χ4v) is 23.1. The van der Waals surface area contributed by atoms with Crippen molar-refractivity contribution in [3.8, 4) is 0 Å².